The molecule has 0 aliphatic carbocycles. The Hall–Kier alpha value is -2.30. The molecule has 0 radical (unpaired) electrons. The third-order valence-corrected chi connectivity index (χ3v) is 2.48. The quantitative estimate of drug-likeness (QED) is 0.896. The van der Waals surface area contributed by atoms with Crippen LogP contribution in [0.1, 0.15) is 5.69 Å². The highest BCUT2D eigenvalue weighted by molar-refractivity contribution is 5.62. The molecule has 1 aromatic heterocycles. The summed E-state index contributed by atoms with van der Waals surface area (Å²) in [5.74, 6) is 2.38. The highest BCUT2D eigenvalue weighted by atomic mass is 16.5. The average Bonchev–Trinajstić information content (AvgIpc) is 2.37. The van der Waals surface area contributed by atoms with Gasteiger partial charge >= 0.3 is 0 Å². The van der Waals surface area contributed by atoms with E-state index in [1.54, 1.807) is 26.4 Å². The largest absolute Gasteiger partial charge is 0.497 e. The van der Waals surface area contributed by atoms with Gasteiger partial charge < -0.3 is 15.2 Å². The van der Waals surface area contributed by atoms with Crippen LogP contribution < -0.4 is 15.2 Å². The van der Waals surface area contributed by atoms with Gasteiger partial charge in [-0.2, -0.15) is 0 Å². The summed E-state index contributed by atoms with van der Waals surface area (Å²) in [7, 11) is 3.20. The minimum Gasteiger partial charge on any atom is -0.497 e. The summed E-state index contributed by atoms with van der Waals surface area (Å²) in [6.45, 7) is 1.87. The molecule has 0 unspecified atom stereocenters. The van der Waals surface area contributed by atoms with Crippen LogP contribution in [0.4, 0.5) is 5.82 Å². The van der Waals surface area contributed by atoms with Crippen LogP contribution in [0.2, 0.25) is 0 Å². The molecule has 0 aliphatic rings. The monoisotopic (exact) mass is 245 g/mol. The minimum atomic E-state index is 0.444. The Labute approximate surface area is 106 Å². The van der Waals surface area contributed by atoms with Gasteiger partial charge in [0.15, 0.2) is 5.82 Å². The van der Waals surface area contributed by atoms with Gasteiger partial charge in [-0.15, -0.1) is 0 Å². The molecule has 0 aliphatic heterocycles. The summed E-state index contributed by atoms with van der Waals surface area (Å²) in [5.41, 5.74) is 7.35. The minimum absolute atomic E-state index is 0.444. The fraction of sp³-hybridized carbons (Fsp3) is 0.231. The lowest BCUT2D eigenvalue weighted by Gasteiger charge is -2.08. The van der Waals surface area contributed by atoms with Crippen LogP contribution in [0.15, 0.2) is 24.3 Å². The van der Waals surface area contributed by atoms with Gasteiger partial charge in [0.1, 0.15) is 17.3 Å². The Bertz CT molecular complexity index is 528. The zero-order chi connectivity index (χ0) is 13.1. The van der Waals surface area contributed by atoms with Crippen LogP contribution in [-0.4, -0.2) is 24.2 Å². The van der Waals surface area contributed by atoms with E-state index >= 15 is 0 Å². The number of hydrogen-bond acceptors (Lipinski definition) is 5. The molecule has 18 heavy (non-hydrogen) atoms. The van der Waals surface area contributed by atoms with Crippen LogP contribution in [0.3, 0.4) is 0 Å². The lowest BCUT2D eigenvalue weighted by atomic mass is 10.2. The number of methoxy groups -OCH3 is 2. The number of rotatable bonds is 3. The molecule has 1 aromatic carbocycles. The summed E-state index contributed by atoms with van der Waals surface area (Å²) in [5, 5.41) is 0. The summed E-state index contributed by atoms with van der Waals surface area (Å²) in [6, 6.07) is 7.21. The van der Waals surface area contributed by atoms with Crippen molar-refractivity contribution in [2.24, 2.45) is 0 Å². The number of nitrogen functional groups attached to an aromatic ring is 1. The molecular weight excluding hydrogens is 230 g/mol. The van der Waals surface area contributed by atoms with Crippen molar-refractivity contribution in [2.45, 2.75) is 6.92 Å². The van der Waals surface area contributed by atoms with Crippen LogP contribution in [-0.2, 0) is 0 Å². The Morgan fingerprint density at radius 1 is 0.944 bits per heavy atom. The number of benzene rings is 1. The number of aromatic nitrogens is 2. The Morgan fingerprint density at radius 2 is 1.56 bits per heavy atom. The van der Waals surface area contributed by atoms with Crippen molar-refractivity contribution in [2.75, 3.05) is 20.0 Å². The van der Waals surface area contributed by atoms with Gasteiger partial charge in [0, 0.05) is 23.4 Å². The lowest BCUT2D eigenvalue weighted by molar-refractivity contribution is 0.394. The molecule has 94 valence electrons. The van der Waals surface area contributed by atoms with E-state index in [0.717, 1.165) is 11.3 Å². The van der Waals surface area contributed by atoms with Gasteiger partial charge in [-0.3, -0.25) is 0 Å². The molecule has 1 heterocycles. The predicted octanol–water partition coefficient (Wildman–Crippen LogP) is 2.05. The van der Waals surface area contributed by atoms with E-state index < -0.39 is 0 Å². The number of anilines is 1. The third-order valence-electron chi connectivity index (χ3n) is 2.48. The maximum atomic E-state index is 5.72. The fourth-order valence-corrected chi connectivity index (χ4v) is 1.66. The average molecular weight is 245 g/mol. The molecule has 0 bridgehead atoms. The number of aryl methyl sites for hydroxylation is 1. The molecule has 0 atom stereocenters. The van der Waals surface area contributed by atoms with Gasteiger partial charge in [-0.05, 0) is 19.1 Å². The molecule has 2 rings (SSSR count). The summed E-state index contributed by atoms with van der Waals surface area (Å²) in [6.07, 6.45) is 0. The second-order valence-electron chi connectivity index (χ2n) is 3.86. The summed E-state index contributed by atoms with van der Waals surface area (Å²) < 4.78 is 10.4. The summed E-state index contributed by atoms with van der Waals surface area (Å²) in [4.78, 5) is 8.56. The van der Waals surface area contributed by atoms with Gasteiger partial charge in [-0.25, -0.2) is 9.97 Å². The van der Waals surface area contributed by atoms with Crippen molar-refractivity contribution in [3.8, 4) is 22.9 Å². The van der Waals surface area contributed by atoms with Crippen molar-refractivity contribution in [3.05, 3.63) is 30.0 Å². The van der Waals surface area contributed by atoms with E-state index in [1.165, 1.54) is 0 Å². The molecule has 5 heteroatoms. The predicted molar refractivity (Wildman–Crippen MR) is 69.7 cm³/mol. The second kappa shape index (κ2) is 4.91. The van der Waals surface area contributed by atoms with Crippen molar-refractivity contribution >= 4 is 5.82 Å². The van der Waals surface area contributed by atoms with Crippen LogP contribution >= 0.6 is 0 Å². The zero-order valence-corrected chi connectivity index (χ0v) is 10.6. The lowest BCUT2D eigenvalue weighted by Crippen LogP contribution is -1.98. The molecule has 0 spiro atoms. The first-order valence-electron chi connectivity index (χ1n) is 5.47. The van der Waals surface area contributed by atoms with E-state index in [2.05, 4.69) is 9.97 Å². The Balaban J connectivity index is 2.55. The van der Waals surface area contributed by atoms with E-state index in [4.69, 9.17) is 15.2 Å². The molecular formula is C13H15N3O2. The standard InChI is InChI=1S/C13H15N3O2/c1-8-4-12(14)16-13(15-8)9-5-10(17-2)7-11(6-9)18-3/h4-7H,1-3H3,(H2,14,15,16). The number of hydrogen-bond donors (Lipinski definition) is 1. The van der Waals surface area contributed by atoms with E-state index in [1.807, 2.05) is 19.1 Å². The van der Waals surface area contributed by atoms with Crippen LogP contribution in [0, 0.1) is 6.92 Å². The van der Waals surface area contributed by atoms with Crippen molar-refractivity contribution in [1.82, 2.24) is 9.97 Å². The highest BCUT2D eigenvalue weighted by Crippen LogP contribution is 2.28. The molecule has 0 fully saturated rings. The van der Waals surface area contributed by atoms with Crippen molar-refractivity contribution in [3.63, 3.8) is 0 Å². The maximum Gasteiger partial charge on any atom is 0.162 e. The second-order valence-corrected chi connectivity index (χ2v) is 3.86. The number of nitrogens with zero attached hydrogens (tertiary/aromatic N) is 2. The molecule has 2 aromatic rings. The normalized spacial score (nSPS) is 10.2. The molecule has 0 saturated heterocycles. The van der Waals surface area contributed by atoms with Crippen LogP contribution in [0.25, 0.3) is 11.4 Å². The van der Waals surface area contributed by atoms with Crippen molar-refractivity contribution < 1.29 is 9.47 Å². The molecule has 0 amide bonds. The first-order chi connectivity index (χ1) is 8.62. The first kappa shape index (κ1) is 12.2. The molecule has 0 saturated carbocycles. The van der Waals surface area contributed by atoms with Gasteiger partial charge in [-0.1, -0.05) is 0 Å². The third kappa shape index (κ3) is 2.51. The SMILES string of the molecule is COc1cc(OC)cc(-c2nc(C)cc(N)n2)c1. The van der Waals surface area contributed by atoms with Crippen molar-refractivity contribution in [1.29, 1.82) is 0 Å². The summed E-state index contributed by atoms with van der Waals surface area (Å²) >= 11 is 0. The van der Waals surface area contributed by atoms with Crippen LogP contribution in [0.5, 0.6) is 11.5 Å². The maximum absolute atomic E-state index is 5.72. The zero-order valence-electron chi connectivity index (χ0n) is 10.6. The first-order valence-corrected chi connectivity index (χ1v) is 5.47. The van der Waals surface area contributed by atoms with Gasteiger partial charge in [0.2, 0.25) is 0 Å². The van der Waals surface area contributed by atoms with Gasteiger partial charge in [0.25, 0.3) is 0 Å². The highest BCUT2D eigenvalue weighted by Gasteiger charge is 2.08. The number of nitrogens with two attached hydrogens (primary N) is 1. The topological polar surface area (TPSA) is 70.3 Å². The van der Waals surface area contributed by atoms with E-state index in [0.29, 0.717) is 23.1 Å². The molecule has 2 N–H and O–H groups in total. The fourth-order valence-electron chi connectivity index (χ4n) is 1.66. The molecule has 5 nitrogen and oxygen atoms in total. The smallest absolute Gasteiger partial charge is 0.162 e. The van der Waals surface area contributed by atoms with E-state index in [9.17, 15) is 0 Å². The van der Waals surface area contributed by atoms with E-state index in [-0.39, 0.29) is 0 Å². The Morgan fingerprint density at radius 3 is 2.06 bits per heavy atom. The Kier molecular flexibility index (Phi) is 3.32. The van der Waals surface area contributed by atoms with Gasteiger partial charge in [0.05, 0.1) is 14.2 Å². The number of ether oxygens (including phenoxy) is 2.